The largest absolute Gasteiger partial charge is 0.341 e. The van der Waals surface area contributed by atoms with E-state index < -0.39 is 10.0 Å². The minimum absolute atomic E-state index is 0.0764. The lowest BCUT2D eigenvalue weighted by molar-refractivity contribution is -0.130. The van der Waals surface area contributed by atoms with Crippen LogP contribution in [0.25, 0.3) is 0 Å². The van der Waals surface area contributed by atoms with Crippen molar-refractivity contribution in [2.24, 2.45) is 0 Å². The maximum atomic E-state index is 12.4. The molecule has 25 heavy (non-hydrogen) atoms. The molecule has 0 aliphatic heterocycles. The summed E-state index contributed by atoms with van der Waals surface area (Å²) < 4.78 is 28.4. The van der Waals surface area contributed by atoms with E-state index in [4.69, 9.17) is 0 Å². The second-order valence-corrected chi connectivity index (χ2v) is 10.2. The quantitative estimate of drug-likeness (QED) is 0.710. The van der Waals surface area contributed by atoms with Gasteiger partial charge in [-0.3, -0.25) is 4.79 Å². The van der Waals surface area contributed by atoms with Crippen LogP contribution in [0.2, 0.25) is 0 Å². The van der Waals surface area contributed by atoms with Gasteiger partial charge in [0.05, 0.1) is 15.2 Å². The Labute approximate surface area is 161 Å². The van der Waals surface area contributed by atoms with Gasteiger partial charge in [-0.1, -0.05) is 12.1 Å². The summed E-state index contributed by atoms with van der Waals surface area (Å²) in [5.41, 5.74) is 1.56. The van der Waals surface area contributed by atoms with Gasteiger partial charge in [-0.15, -0.1) is 11.3 Å². The number of benzene rings is 1. The van der Waals surface area contributed by atoms with Crippen molar-refractivity contribution in [2.45, 2.75) is 31.7 Å². The van der Waals surface area contributed by atoms with Gasteiger partial charge >= 0.3 is 0 Å². The Balaban J connectivity index is 1.90. The number of rotatable bonds is 7. The highest BCUT2D eigenvalue weighted by molar-refractivity contribution is 9.11. The van der Waals surface area contributed by atoms with Crippen LogP contribution in [0.15, 0.2) is 39.0 Å². The van der Waals surface area contributed by atoms with Crippen molar-refractivity contribution in [2.75, 3.05) is 13.6 Å². The van der Waals surface area contributed by atoms with Crippen LogP contribution >= 0.6 is 27.3 Å². The second kappa shape index (κ2) is 8.44. The van der Waals surface area contributed by atoms with Crippen molar-refractivity contribution in [3.8, 4) is 0 Å². The summed E-state index contributed by atoms with van der Waals surface area (Å²) >= 11 is 4.97. The molecule has 0 aliphatic carbocycles. The second-order valence-electron chi connectivity index (χ2n) is 5.87. The number of carbonyl (C=O) groups excluding carboxylic acids is 1. The fraction of sp³-hybridized carbons (Fsp3) is 0.353. The summed E-state index contributed by atoms with van der Waals surface area (Å²) in [6.07, 6.45) is 0.118. The highest BCUT2D eigenvalue weighted by Crippen LogP contribution is 2.23. The van der Waals surface area contributed by atoms with E-state index in [-0.39, 0.29) is 23.8 Å². The summed E-state index contributed by atoms with van der Waals surface area (Å²) in [6, 6.07) is 9.19. The molecular weight excluding hydrogens is 424 g/mol. The summed E-state index contributed by atoms with van der Waals surface area (Å²) in [5.74, 6) is -0.104. The molecule has 136 valence electrons. The number of carbonyl (C=O) groups is 1. The Morgan fingerprint density at radius 1 is 1.24 bits per heavy atom. The first-order valence-corrected chi connectivity index (χ1v) is 10.8. The third kappa shape index (κ3) is 5.64. The number of hydrogen-bond donors (Lipinski definition) is 1. The molecule has 0 saturated carbocycles. The first-order valence-electron chi connectivity index (χ1n) is 7.74. The molecule has 0 radical (unpaired) electrons. The predicted octanol–water partition coefficient (Wildman–Crippen LogP) is 3.45. The molecule has 1 aromatic heterocycles. The van der Waals surface area contributed by atoms with Gasteiger partial charge in [0.1, 0.15) is 0 Å². The zero-order valence-corrected chi connectivity index (χ0v) is 17.6. The normalized spacial score (nSPS) is 11.5. The third-order valence-electron chi connectivity index (χ3n) is 3.71. The molecule has 0 aliphatic rings. The predicted molar refractivity (Wildman–Crippen MR) is 104 cm³/mol. The van der Waals surface area contributed by atoms with Gasteiger partial charge in [-0.2, -0.15) is 0 Å². The Morgan fingerprint density at radius 2 is 1.96 bits per heavy atom. The lowest BCUT2D eigenvalue weighted by atomic mass is 10.2. The van der Waals surface area contributed by atoms with E-state index in [1.165, 1.54) is 0 Å². The van der Waals surface area contributed by atoms with E-state index in [0.29, 0.717) is 12.1 Å². The zero-order chi connectivity index (χ0) is 18.6. The van der Waals surface area contributed by atoms with Gasteiger partial charge in [0.2, 0.25) is 15.9 Å². The van der Waals surface area contributed by atoms with Gasteiger partial charge in [-0.25, -0.2) is 13.1 Å². The van der Waals surface area contributed by atoms with Gasteiger partial charge in [0, 0.05) is 24.9 Å². The summed E-state index contributed by atoms with van der Waals surface area (Å²) in [6.45, 7) is 4.19. The summed E-state index contributed by atoms with van der Waals surface area (Å²) in [4.78, 5) is 15.1. The van der Waals surface area contributed by atoms with Crippen LogP contribution < -0.4 is 4.72 Å². The number of sulfonamides is 1. The van der Waals surface area contributed by atoms with Gasteiger partial charge < -0.3 is 4.90 Å². The summed E-state index contributed by atoms with van der Waals surface area (Å²) in [5, 5.41) is 0. The molecule has 5 nitrogen and oxygen atoms in total. The highest BCUT2D eigenvalue weighted by atomic mass is 79.9. The van der Waals surface area contributed by atoms with Crippen LogP contribution in [0.4, 0.5) is 0 Å². The molecule has 8 heteroatoms. The number of nitrogens with zero attached hydrogens (tertiary/aromatic N) is 1. The van der Waals surface area contributed by atoms with Crippen molar-refractivity contribution >= 4 is 43.2 Å². The monoisotopic (exact) mass is 444 g/mol. The van der Waals surface area contributed by atoms with Crippen LogP contribution in [-0.2, 0) is 21.4 Å². The maximum Gasteiger partial charge on any atom is 0.240 e. The fourth-order valence-corrected chi connectivity index (χ4v) is 5.21. The molecule has 0 fully saturated rings. The molecule has 2 aromatic rings. The summed E-state index contributed by atoms with van der Waals surface area (Å²) in [7, 11) is -1.90. The third-order valence-corrected chi connectivity index (χ3v) is 6.92. The van der Waals surface area contributed by atoms with Gasteiger partial charge in [0.15, 0.2) is 0 Å². The lowest BCUT2D eigenvalue weighted by Gasteiger charge is -2.16. The topological polar surface area (TPSA) is 66.5 Å². The van der Waals surface area contributed by atoms with E-state index in [0.717, 1.165) is 14.2 Å². The average Bonchev–Trinajstić information content (AvgIpc) is 2.94. The average molecular weight is 445 g/mol. The highest BCUT2D eigenvalue weighted by Gasteiger charge is 2.18. The van der Waals surface area contributed by atoms with Crippen LogP contribution in [0.5, 0.6) is 0 Å². The maximum absolute atomic E-state index is 12.4. The zero-order valence-electron chi connectivity index (χ0n) is 14.4. The number of halogens is 1. The number of amides is 1. The van der Waals surface area contributed by atoms with Crippen LogP contribution in [0.1, 0.15) is 22.4 Å². The minimum Gasteiger partial charge on any atom is -0.341 e. The van der Waals surface area contributed by atoms with Crippen LogP contribution in [0, 0.1) is 13.8 Å². The Morgan fingerprint density at radius 3 is 2.60 bits per heavy atom. The Kier molecular flexibility index (Phi) is 6.79. The van der Waals surface area contributed by atoms with E-state index >= 15 is 0 Å². The van der Waals surface area contributed by atoms with Gasteiger partial charge in [0.25, 0.3) is 0 Å². The Hall–Kier alpha value is -1.22. The van der Waals surface area contributed by atoms with Crippen molar-refractivity contribution in [1.82, 2.24) is 9.62 Å². The van der Waals surface area contributed by atoms with Crippen molar-refractivity contribution in [3.05, 3.63) is 50.1 Å². The molecule has 1 N–H and O–H groups in total. The first kappa shape index (κ1) is 20.1. The van der Waals surface area contributed by atoms with E-state index in [9.17, 15) is 13.2 Å². The molecule has 0 unspecified atom stereocenters. The number of hydrogen-bond acceptors (Lipinski definition) is 4. The van der Waals surface area contributed by atoms with Crippen molar-refractivity contribution in [3.63, 3.8) is 0 Å². The molecule has 0 bridgehead atoms. The van der Waals surface area contributed by atoms with E-state index in [2.05, 4.69) is 20.7 Å². The number of nitrogens with one attached hydrogen (secondary N) is 1. The SMILES string of the molecule is Cc1ccc(C)c(S(=O)(=O)NCCC(=O)N(C)Cc2ccc(Br)s2)c1. The van der Waals surface area contributed by atoms with Crippen LogP contribution in [-0.4, -0.2) is 32.8 Å². The fourth-order valence-electron chi connectivity index (χ4n) is 2.32. The lowest BCUT2D eigenvalue weighted by Crippen LogP contribution is -2.32. The standard InChI is InChI=1S/C17H21BrN2O3S2/c1-12-4-5-13(2)15(10-12)25(22,23)19-9-8-17(21)20(3)11-14-6-7-16(18)24-14/h4-7,10,19H,8-9,11H2,1-3H3. The first-order chi connectivity index (χ1) is 11.7. The molecular formula is C17H21BrN2O3S2. The molecule has 2 rings (SSSR count). The molecule has 1 heterocycles. The molecule has 1 aromatic carbocycles. The number of thiophene rings is 1. The molecule has 0 saturated heterocycles. The van der Waals surface area contributed by atoms with Crippen molar-refractivity contribution < 1.29 is 13.2 Å². The molecule has 0 atom stereocenters. The molecule has 1 amide bonds. The smallest absolute Gasteiger partial charge is 0.240 e. The number of aryl methyl sites for hydroxylation is 2. The van der Waals surface area contributed by atoms with E-state index in [1.807, 2.05) is 25.1 Å². The Bertz CT molecular complexity index is 863. The molecule has 0 spiro atoms. The van der Waals surface area contributed by atoms with Crippen LogP contribution in [0.3, 0.4) is 0 Å². The minimum atomic E-state index is -3.62. The van der Waals surface area contributed by atoms with Crippen molar-refractivity contribution in [1.29, 1.82) is 0 Å². The van der Waals surface area contributed by atoms with E-state index in [1.54, 1.807) is 42.3 Å². The van der Waals surface area contributed by atoms with Gasteiger partial charge in [-0.05, 0) is 59.1 Å².